The van der Waals surface area contributed by atoms with E-state index < -0.39 is 9.85 Å². The molecule has 0 unspecified atom stereocenters. The van der Waals surface area contributed by atoms with E-state index in [0.717, 1.165) is 0 Å². The van der Waals surface area contributed by atoms with E-state index in [2.05, 4.69) is 9.97 Å². The molecule has 0 bridgehead atoms. The molecule has 1 aliphatic heterocycles. The third-order valence-corrected chi connectivity index (χ3v) is 6.50. The second kappa shape index (κ2) is 13.6. The lowest BCUT2D eigenvalue weighted by Gasteiger charge is -2.35. The van der Waals surface area contributed by atoms with Gasteiger partial charge in [0.15, 0.2) is 0 Å². The Morgan fingerprint density at radius 3 is 1.33 bits per heavy atom. The standard InChI is InChI=1S/C28H30N6O9/c1-19-3-5-21-23(33(35)36)7-9-25(27(21)29-19)31-32(43-18-16-41-14-12-39-11-13-40-15-17-42-31)26-10-8-24(34(37)38)22-6-4-20(2)30-28(22)26/h3-10H,11-18H2,1-2H3. The predicted molar refractivity (Wildman–Crippen MR) is 156 cm³/mol. The van der Waals surface area contributed by atoms with Crippen LogP contribution in [0.4, 0.5) is 22.7 Å². The Morgan fingerprint density at radius 2 is 0.953 bits per heavy atom. The lowest BCUT2D eigenvalue weighted by atomic mass is 10.1. The van der Waals surface area contributed by atoms with Crippen molar-refractivity contribution in [1.82, 2.24) is 9.97 Å². The predicted octanol–water partition coefficient (Wildman–Crippen LogP) is 4.37. The molecular weight excluding hydrogens is 564 g/mol. The number of nitrogens with zero attached hydrogens (tertiary/aromatic N) is 6. The number of hydrogen-bond acceptors (Lipinski definition) is 13. The average molecular weight is 595 g/mol. The molecule has 0 saturated carbocycles. The molecule has 2 aromatic heterocycles. The molecule has 43 heavy (non-hydrogen) atoms. The topological polar surface area (TPSA) is 165 Å². The number of non-ortho nitro benzene ring substituents is 2. The molecule has 0 radical (unpaired) electrons. The SMILES string of the molecule is Cc1ccc2c([N+](=O)[O-])ccc(N3OCCOCCOCCOCCON3c3ccc([N+](=O)[O-])c4ccc(C)nc34)c2n1. The molecule has 0 aliphatic carbocycles. The van der Waals surface area contributed by atoms with Crippen molar-refractivity contribution >= 4 is 44.6 Å². The minimum atomic E-state index is -0.478. The van der Waals surface area contributed by atoms with Gasteiger partial charge in [0.2, 0.25) is 0 Å². The summed E-state index contributed by atoms with van der Waals surface area (Å²) in [6.07, 6.45) is 0. The number of benzene rings is 2. The van der Waals surface area contributed by atoms with E-state index in [1.807, 2.05) is 0 Å². The van der Waals surface area contributed by atoms with Gasteiger partial charge in [0.1, 0.15) is 35.6 Å². The van der Waals surface area contributed by atoms with Crippen molar-refractivity contribution in [2.75, 3.05) is 63.2 Å². The summed E-state index contributed by atoms with van der Waals surface area (Å²) in [6, 6.07) is 12.4. The van der Waals surface area contributed by atoms with Crippen molar-refractivity contribution in [1.29, 1.82) is 0 Å². The second-order valence-electron chi connectivity index (χ2n) is 9.47. The number of fused-ring (bicyclic) bond motifs is 2. The molecule has 1 saturated heterocycles. The van der Waals surface area contributed by atoms with E-state index in [-0.39, 0.29) is 59.6 Å². The first kappa shape index (κ1) is 29.9. The summed E-state index contributed by atoms with van der Waals surface area (Å²) in [7, 11) is 0. The number of pyridine rings is 2. The lowest BCUT2D eigenvalue weighted by molar-refractivity contribution is -0.383. The third kappa shape index (κ3) is 6.76. The molecule has 4 aromatic rings. The Labute approximate surface area is 245 Å². The first-order chi connectivity index (χ1) is 20.8. The number of hydrogen-bond donors (Lipinski definition) is 0. The number of aryl methyl sites for hydroxylation is 2. The largest absolute Gasteiger partial charge is 0.377 e. The van der Waals surface area contributed by atoms with Crippen molar-refractivity contribution in [2.24, 2.45) is 0 Å². The highest BCUT2D eigenvalue weighted by Crippen LogP contribution is 2.38. The molecular formula is C28H30N6O9. The molecule has 0 amide bonds. The van der Waals surface area contributed by atoms with Crippen LogP contribution in [0.5, 0.6) is 0 Å². The zero-order valence-corrected chi connectivity index (χ0v) is 23.6. The lowest BCUT2D eigenvalue weighted by Crippen LogP contribution is -2.45. The minimum absolute atomic E-state index is 0.0397. The van der Waals surface area contributed by atoms with Crippen LogP contribution >= 0.6 is 0 Å². The number of aromatic nitrogens is 2. The minimum Gasteiger partial charge on any atom is -0.377 e. The van der Waals surface area contributed by atoms with E-state index in [9.17, 15) is 20.2 Å². The van der Waals surface area contributed by atoms with Crippen molar-refractivity contribution in [3.63, 3.8) is 0 Å². The van der Waals surface area contributed by atoms with E-state index >= 15 is 0 Å². The third-order valence-electron chi connectivity index (χ3n) is 6.50. The summed E-state index contributed by atoms with van der Waals surface area (Å²) in [6.45, 7) is 5.41. The van der Waals surface area contributed by atoms with E-state index in [0.29, 0.717) is 49.2 Å². The molecule has 1 aliphatic rings. The molecule has 1 fully saturated rings. The highest BCUT2D eigenvalue weighted by molar-refractivity contribution is 6.00. The van der Waals surface area contributed by atoms with Gasteiger partial charge in [-0.05, 0) is 50.2 Å². The Balaban J connectivity index is 1.70. The van der Waals surface area contributed by atoms with Crippen molar-refractivity contribution in [3.05, 3.63) is 80.1 Å². The monoisotopic (exact) mass is 594 g/mol. The number of rotatable bonds is 4. The maximum absolute atomic E-state index is 11.9. The van der Waals surface area contributed by atoms with Gasteiger partial charge in [-0.2, -0.15) is 0 Å². The maximum atomic E-state index is 11.9. The molecule has 0 atom stereocenters. The molecule has 0 N–H and O–H groups in total. The van der Waals surface area contributed by atoms with Crippen LogP contribution in [-0.4, -0.2) is 72.7 Å². The highest BCUT2D eigenvalue weighted by Gasteiger charge is 2.29. The molecule has 0 spiro atoms. The van der Waals surface area contributed by atoms with Crippen molar-refractivity contribution in [2.45, 2.75) is 13.8 Å². The van der Waals surface area contributed by atoms with E-state index in [4.69, 9.17) is 23.9 Å². The first-order valence-corrected chi connectivity index (χ1v) is 13.5. The normalized spacial score (nSPS) is 16.1. The van der Waals surface area contributed by atoms with Crippen LogP contribution in [0, 0.1) is 34.1 Å². The van der Waals surface area contributed by atoms with Gasteiger partial charge in [0.25, 0.3) is 11.4 Å². The number of nitro benzene ring substituents is 2. The Morgan fingerprint density at radius 1 is 0.581 bits per heavy atom. The fourth-order valence-electron chi connectivity index (χ4n) is 4.54. The van der Waals surface area contributed by atoms with Crippen LogP contribution in [0.15, 0.2) is 48.5 Å². The first-order valence-electron chi connectivity index (χ1n) is 13.5. The summed E-state index contributed by atoms with van der Waals surface area (Å²) >= 11 is 0. The Bertz CT molecular complexity index is 1520. The van der Waals surface area contributed by atoms with Gasteiger partial charge in [-0.3, -0.25) is 30.2 Å². The molecule has 2 aromatic carbocycles. The second-order valence-corrected chi connectivity index (χ2v) is 9.47. The fraction of sp³-hybridized carbons (Fsp3) is 0.357. The van der Waals surface area contributed by atoms with Crippen LogP contribution < -0.4 is 10.3 Å². The van der Waals surface area contributed by atoms with E-state index in [1.54, 1.807) is 38.1 Å². The van der Waals surface area contributed by atoms with Gasteiger partial charge < -0.3 is 14.2 Å². The Kier molecular flexibility index (Phi) is 9.48. The number of nitro groups is 2. The summed E-state index contributed by atoms with van der Waals surface area (Å²) in [4.78, 5) is 44.5. The maximum Gasteiger partial charge on any atom is 0.278 e. The number of ether oxygens (including phenoxy) is 3. The quantitative estimate of drug-likeness (QED) is 0.242. The molecule has 5 rings (SSSR count). The van der Waals surface area contributed by atoms with Crippen LogP contribution in [-0.2, 0) is 23.9 Å². The van der Waals surface area contributed by atoms with Crippen LogP contribution in [0.3, 0.4) is 0 Å². The number of anilines is 2. The van der Waals surface area contributed by atoms with Crippen LogP contribution in [0.2, 0.25) is 0 Å². The van der Waals surface area contributed by atoms with Crippen molar-refractivity contribution < 1.29 is 33.7 Å². The molecule has 15 nitrogen and oxygen atoms in total. The van der Waals surface area contributed by atoms with Crippen LogP contribution in [0.25, 0.3) is 21.8 Å². The van der Waals surface area contributed by atoms with Crippen LogP contribution in [0.1, 0.15) is 11.4 Å². The van der Waals surface area contributed by atoms with Gasteiger partial charge in [-0.15, -0.1) is 10.3 Å². The van der Waals surface area contributed by atoms with Gasteiger partial charge in [0, 0.05) is 23.5 Å². The summed E-state index contributed by atoms with van der Waals surface area (Å²) in [5, 5.41) is 26.9. The highest BCUT2D eigenvalue weighted by atomic mass is 16.8. The summed E-state index contributed by atoms with van der Waals surface area (Å²) in [5.41, 5.74) is 2.17. The zero-order valence-electron chi connectivity index (χ0n) is 23.6. The van der Waals surface area contributed by atoms with Gasteiger partial charge >= 0.3 is 0 Å². The smallest absolute Gasteiger partial charge is 0.278 e. The van der Waals surface area contributed by atoms with E-state index in [1.165, 1.54) is 34.6 Å². The average Bonchev–Trinajstić information content (AvgIpc) is 2.99. The molecule has 3 heterocycles. The summed E-state index contributed by atoms with van der Waals surface area (Å²) < 4.78 is 16.8. The molecule has 15 heteroatoms. The number of hydrazine groups is 1. The van der Waals surface area contributed by atoms with Crippen molar-refractivity contribution in [3.8, 4) is 0 Å². The van der Waals surface area contributed by atoms with Gasteiger partial charge in [-0.25, -0.2) is 9.68 Å². The zero-order chi connectivity index (χ0) is 30.3. The Hall–Kier alpha value is -4.54. The fourth-order valence-corrected chi connectivity index (χ4v) is 4.54. The van der Waals surface area contributed by atoms with Gasteiger partial charge in [-0.1, -0.05) is 0 Å². The summed E-state index contributed by atoms with van der Waals surface area (Å²) in [5.74, 6) is 0. The molecule has 226 valence electrons. The van der Waals surface area contributed by atoms with Gasteiger partial charge in [0.05, 0.1) is 60.3 Å².